The van der Waals surface area contributed by atoms with Crippen molar-refractivity contribution in [2.75, 3.05) is 13.2 Å². The maximum atomic E-state index is 13.2. The van der Waals surface area contributed by atoms with E-state index in [4.69, 9.17) is 14.2 Å². The summed E-state index contributed by atoms with van der Waals surface area (Å²) in [5, 5.41) is 2.73. The third-order valence-electron chi connectivity index (χ3n) is 5.26. The lowest BCUT2D eigenvalue weighted by molar-refractivity contribution is -0.139. The van der Waals surface area contributed by atoms with Gasteiger partial charge in [-0.15, -0.1) is 0 Å². The molecule has 0 saturated heterocycles. The van der Waals surface area contributed by atoms with Gasteiger partial charge in [0.15, 0.2) is 16.7 Å². The lowest BCUT2D eigenvalue weighted by atomic mass is 9.94. The van der Waals surface area contributed by atoms with Gasteiger partial charge in [-0.3, -0.25) is 0 Å². The van der Waals surface area contributed by atoms with Gasteiger partial charge in [0.25, 0.3) is 0 Å². The van der Waals surface area contributed by atoms with E-state index in [1.165, 1.54) is 23.9 Å². The van der Waals surface area contributed by atoms with E-state index < -0.39 is 12.0 Å². The zero-order valence-electron chi connectivity index (χ0n) is 19.0. The molecule has 2 aliphatic heterocycles. The highest BCUT2D eigenvalue weighted by Crippen LogP contribution is 2.45. The van der Waals surface area contributed by atoms with Gasteiger partial charge in [0.1, 0.15) is 12.4 Å². The van der Waals surface area contributed by atoms with E-state index in [1.54, 1.807) is 19.1 Å². The molecule has 178 valence electrons. The number of amidine groups is 1. The number of aliphatic imine (C=N–C) groups is 1. The van der Waals surface area contributed by atoms with Crippen molar-refractivity contribution in [3.05, 3.63) is 80.7 Å². The van der Waals surface area contributed by atoms with Crippen LogP contribution in [0, 0.1) is 5.82 Å². The molecule has 0 fully saturated rings. The number of allylic oxidation sites excluding steroid dienone is 1. The monoisotopic (exact) mass is 546 g/mol. The second kappa shape index (κ2) is 10.7. The first-order valence-electron chi connectivity index (χ1n) is 10.8. The fourth-order valence-corrected chi connectivity index (χ4v) is 5.15. The van der Waals surface area contributed by atoms with Gasteiger partial charge in [0.05, 0.1) is 35.0 Å². The minimum atomic E-state index is -0.431. The molecule has 0 aliphatic carbocycles. The first kappa shape index (κ1) is 24.3. The first-order chi connectivity index (χ1) is 16.4. The fourth-order valence-electron chi connectivity index (χ4n) is 3.78. The molecule has 0 spiro atoms. The summed E-state index contributed by atoms with van der Waals surface area (Å²) >= 11 is 5.12. The van der Waals surface area contributed by atoms with Crippen LogP contribution in [0.4, 0.5) is 4.39 Å². The Bertz CT molecular complexity index is 1180. The molecule has 4 rings (SSSR count). The third-order valence-corrected chi connectivity index (χ3v) is 6.62. The van der Waals surface area contributed by atoms with Crippen molar-refractivity contribution in [1.82, 2.24) is 4.90 Å². The maximum absolute atomic E-state index is 13.2. The van der Waals surface area contributed by atoms with Crippen LogP contribution in [0.25, 0.3) is 0 Å². The van der Waals surface area contributed by atoms with Crippen LogP contribution in [0.15, 0.2) is 68.7 Å². The maximum Gasteiger partial charge on any atom is 0.338 e. The van der Waals surface area contributed by atoms with Crippen molar-refractivity contribution in [1.29, 1.82) is 0 Å². The summed E-state index contributed by atoms with van der Waals surface area (Å²) in [6, 6.07) is 9.52. The molecule has 0 N–H and O–H groups in total. The number of benzene rings is 2. The highest BCUT2D eigenvalue weighted by molar-refractivity contribution is 9.10. The number of hydrogen-bond acceptors (Lipinski definition) is 7. The Morgan fingerprint density at radius 1 is 1.18 bits per heavy atom. The smallest absolute Gasteiger partial charge is 0.338 e. The quantitative estimate of drug-likeness (QED) is 0.360. The van der Waals surface area contributed by atoms with Crippen molar-refractivity contribution in [3.8, 4) is 11.5 Å². The molecule has 9 heteroatoms. The van der Waals surface area contributed by atoms with E-state index in [0.717, 1.165) is 16.3 Å². The summed E-state index contributed by atoms with van der Waals surface area (Å²) in [6.07, 6.45) is 1.91. The molecule has 0 bridgehead atoms. The number of carbonyl (C=O) groups is 1. The van der Waals surface area contributed by atoms with E-state index in [-0.39, 0.29) is 19.0 Å². The molecule has 2 aromatic carbocycles. The van der Waals surface area contributed by atoms with Crippen LogP contribution in [0.1, 0.15) is 37.9 Å². The van der Waals surface area contributed by atoms with Gasteiger partial charge in [-0.2, -0.15) is 0 Å². The predicted octanol–water partition coefficient (Wildman–Crippen LogP) is 6.33. The number of thioether (sulfide) groups is 1. The Labute approximate surface area is 210 Å². The van der Waals surface area contributed by atoms with E-state index in [0.29, 0.717) is 33.8 Å². The van der Waals surface area contributed by atoms with Gasteiger partial charge in [-0.05, 0) is 77.5 Å². The zero-order chi connectivity index (χ0) is 24.2. The normalized spacial score (nSPS) is 16.9. The van der Waals surface area contributed by atoms with Crippen LogP contribution < -0.4 is 9.47 Å². The molecule has 34 heavy (non-hydrogen) atoms. The van der Waals surface area contributed by atoms with Gasteiger partial charge in [-0.1, -0.05) is 23.9 Å². The summed E-state index contributed by atoms with van der Waals surface area (Å²) in [5.74, 6) is 0.373. The van der Waals surface area contributed by atoms with Crippen molar-refractivity contribution in [2.45, 2.75) is 33.4 Å². The summed E-state index contributed by atoms with van der Waals surface area (Å²) in [7, 11) is 0. The highest BCUT2D eigenvalue weighted by atomic mass is 79.9. The van der Waals surface area contributed by atoms with Crippen molar-refractivity contribution < 1.29 is 23.4 Å². The SMILES string of the molecule is CCOC(=O)C1=C(C)N=C2SC=CN2[C@H]1c1cc(Br)c(OCc2ccc(F)cc2)c(OCC)c1. The molecular formula is C25H24BrFN2O4S. The summed E-state index contributed by atoms with van der Waals surface area (Å²) in [4.78, 5) is 19.5. The van der Waals surface area contributed by atoms with E-state index in [2.05, 4.69) is 20.9 Å². The highest BCUT2D eigenvalue weighted by Gasteiger charge is 2.38. The van der Waals surface area contributed by atoms with Crippen molar-refractivity contribution in [2.24, 2.45) is 4.99 Å². The van der Waals surface area contributed by atoms with Crippen LogP contribution in [-0.2, 0) is 16.1 Å². The summed E-state index contributed by atoms with van der Waals surface area (Å²) in [6.45, 7) is 6.44. The number of esters is 1. The van der Waals surface area contributed by atoms with Crippen molar-refractivity contribution >= 4 is 38.8 Å². The molecule has 0 aromatic heterocycles. The summed E-state index contributed by atoms with van der Waals surface area (Å²) < 4.78 is 31.2. The summed E-state index contributed by atoms with van der Waals surface area (Å²) in [5.41, 5.74) is 2.76. The van der Waals surface area contributed by atoms with E-state index in [1.807, 2.05) is 42.5 Å². The second-order valence-corrected chi connectivity index (χ2v) is 9.23. The molecular weight excluding hydrogens is 523 g/mol. The molecule has 0 radical (unpaired) electrons. The van der Waals surface area contributed by atoms with E-state index >= 15 is 0 Å². The van der Waals surface area contributed by atoms with Gasteiger partial charge in [-0.25, -0.2) is 14.2 Å². The Morgan fingerprint density at radius 3 is 2.65 bits per heavy atom. The third kappa shape index (κ3) is 5.00. The largest absolute Gasteiger partial charge is 0.490 e. The minimum Gasteiger partial charge on any atom is -0.490 e. The number of ether oxygens (including phenoxy) is 3. The molecule has 0 amide bonds. The minimum absolute atomic E-state index is 0.247. The first-order valence-corrected chi connectivity index (χ1v) is 12.5. The average Bonchev–Trinajstić information content (AvgIpc) is 3.27. The number of nitrogens with zero attached hydrogens (tertiary/aromatic N) is 2. The molecule has 2 heterocycles. The molecule has 0 saturated carbocycles. The van der Waals surface area contributed by atoms with Gasteiger partial charge in [0.2, 0.25) is 0 Å². The molecule has 2 aliphatic rings. The molecule has 6 nitrogen and oxygen atoms in total. The number of rotatable bonds is 8. The van der Waals surface area contributed by atoms with Crippen LogP contribution >= 0.6 is 27.7 Å². The Kier molecular flexibility index (Phi) is 7.63. The molecule has 1 atom stereocenters. The zero-order valence-corrected chi connectivity index (χ0v) is 21.4. The van der Waals surface area contributed by atoms with Crippen LogP contribution in [0.2, 0.25) is 0 Å². The Hall–Kier alpha value is -2.78. The number of carbonyl (C=O) groups excluding carboxylic acids is 1. The van der Waals surface area contributed by atoms with E-state index in [9.17, 15) is 9.18 Å². The Balaban J connectivity index is 1.72. The van der Waals surface area contributed by atoms with Gasteiger partial charge < -0.3 is 19.1 Å². The lowest BCUT2D eigenvalue weighted by Gasteiger charge is -2.33. The standard InChI is InChI=1S/C25H24BrFN2O4S/c1-4-31-20-13-17(12-19(26)23(20)33-14-16-6-8-18(27)9-7-16)22-21(24(30)32-5-2)15(3)28-25-29(22)10-11-34-25/h6-13,22H,4-5,14H2,1-3H3/t22-/m0/s1. The fraction of sp³-hybridized carbons (Fsp3) is 0.280. The van der Waals surface area contributed by atoms with Gasteiger partial charge in [0, 0.05) is 6.20 Å². The van der Waals surface area contributed by atoms with Crippen molar-refractivity contribution in [3.63, 3.8) is 0 Å². The number of hydrogen-bond donors (Lipinski definition) is 0. The van der Waals surface area contributed by atoms with Crippen LogP contribution in [0.5, 0.6) is 11.5 Å². The van der Waals surface area contributed by atoms with Crippen LogP contribution in [0.3, 0.4) is 0 Å². The molecule has 0 unspecified atom stereocenters. The average molecular weight is 547 g/mol. The second-order valence-electron chi connectivity index (χ2n) is 7.50. The number of halogens is 2. The number of fused-ring (bicyclic) bond motifs is 1. The van der Waals surface area contributed by atoms with Crippen LogP contribution in [-0.4, -0.2) is 29.3 Å². The predicted molar refractivity (Wildman–Crippen MR) is 134 cm³/mol. The topological polar surface area (TPSA) is 60.4 Å². The molecule has 2 aromatic rings. The Morgan fingerprint density at radius 2 is 1.94 bits per heavy atom. The lowest BCUT2D eigenvalue weighted by Crippen LogP contribution is -2.34. The van der Waals surface area contributed by atoms with Gasteiger partial charge >= 0.3 is 5.97 Å².